The van der Waals surface area contributed by atoms with E-state index in [1.54, 1.807) is 0 Å². The number of ether oxygens (including phenoxy) is 1. The second-order valence-corrected chi connectivity index (χ2v) is 10.6. The molecule has 0 unspecified atom stereocenters. The predicted molar refractivity (Wildman–Crippen MR) is 120 cm³/mol. The van der Waals surface area contributed by atoms with Crippen LogP contribution in [0.2, 0.25) is 5.02 Å². The molecule has 160 valence electrons. The third-order valence-corrected chi connectivity index (χ3v) is 6.07. The molecule has 4 nitrogen and oxygen atoms in total. The summed E-state index contributed by atoms with van der Waals surface area (Å²) in [5.41, 5.74) is 4.20. The first kappa shape index (κ1) is 22.2. The molecule has 0 aromatic heterocycles. The molecular weight excluding hydrogens is 384 g/mol. The van der Waals surface area contributed by atoms with Gasteiger partial charge in [-0.1, -0.05) is 43.2 Å². The molecule has 0 bridgehead atoms. The third-order valence-electron chi connectivity index (χ3n) is 5.82. The molecular formula is C24H35ClN2O2. The monoisotopic (exact) mass is 418 g/mol. The average molecular weight is 419 g/mol. The molecule has 1 aromatic carbocycles. The van der Waals surface area contributed by atoms with Crippen molar-refractivity contribution in [3.63, 3.8) is 0 Å². The van der Waals surface area contributed by atoms with Gasteiger partial charge in [0.1, 0.15) is 5.60 Å². The Morgan fingerprint density at radius 1 is 1.10 bits per heavy atom. The van der Waals surface area contributed by atoms with E-state index in [0.717, 1.165) is 50.6 Å². The van der Waals surface area contributed by atoms with E-state index in [0.29, 0.717) is 5.41 Å². The van der Waals surface area contributed by atoms with Crippen molar-refractivity contribution >= 4 is 23.3 Å². The Kier molecular flexibility index (Phi) is 6.64. The van der Waals surface area contributed by atoms with Gasteiger partial charge < -0.3 is 9.64 Å². The minimum absolute atomic E-state index is 0.197. The van der Waals surface area contributed by atoms with Crippen LogP contribution in [-0.2, 0) is 4.74 Å². The molecule has 29 heavy (non-hydrogen) atoms. The maximum absolute atomic E-state index is 12.3. The van der Waals surface area contributed by atoms with Crippen LogP contribution in [0.15, 0.2) is 29.8 Å². The number of hydrogen-bond acceptors (Lipinski definition) is 3. The third kappa shape index (κ3) is 6.23. The lowest BCUT2D eigenvalue weighted by atomic mass is 9.72. The van der Waals surface area contributed by atoms with Gasteiger partial charge in [0.15, 0.2) is 0 Å². The van der Waals surface area contributed by atoms with Gasteiger partial charge in [0.2, 0.25) is 0 Å². The van der Waals surface area contributed by atoms with Gasteiger partial charge in [-0.2, -0.15) is 0 Å². The fraction of sp³-hybridized carbons (Fsp3) is 0.625. The van der Waals surface area contributed by atoms with Gasteiger partial charge in [0.05, 0.1) is 0 Å². The van der Waals surface area contributed by atoms with Gasteiger partial charge in [-0.25, -0.2) is 4.79 Å². The molecule has 0 radical (unpaired) electrons. The molecule has 3 rings (SSSR count). The molecule has 0 atom stereocenters. The van der Waals surface area contributed by atoms with E-state index in [-0.39, 0.29) is 6.09 Å². The van der Waals surface area contributed by atoms with E-state index < -0.39 is 5.60 Å². The van der Waals surface area contributed by atoms with Gasteiger partial charge >= 0.3 is 6.09 Å². The molecule has 1 saturated heterocycles. The van der Waals surface area contributed by atoms with E-state index in [1.807, 2.05) is 37.8 Å². The number of amides is 1. The summed E-state index contributed by atoms with van der Waals surface area (Å²) in [5.74, 6) is 0. The zero-order valence-electron chi connectivity index (χ0n) is 18.6. The Hall–Kier alpha value is -1.52. The van der Waals surface area contributed by atoms with E-state index in [9.17, 15) is 4.79 Å². The highest BCUT2D eigenvalue weighted by atomic mass is 35.5. The maximum atomic E-state index is 12.3. The van der Waals surface area contributed by atoms with Crippen molar-refractivity contribution in [2.75, 3.05) is 32.7 Å². The van der Waals surface area contributed by atoms with Crippen LogP contribution < -0.4 is 0 Å². The van der Waals surface area contributed by atoms with Crippen LogP contribution >= 0.6 is 11.6 Å². The number of rotatable bonds is 3. The van der Waals surface area contributed by atoms with Gasteiger partial charge in [-0.3, -0.25) is 4.90 Å². The second-order valence-electron chi connectivity index (χ2n) is 10.2. The van der Waals surface area contributed by atoms with Crippen LogP contribution in [0, 0.1) is 5.41 Å². The van der Waals surface area contributed by atoms with E-state index in [4.69, 9.17) is 16.3 Å². The number of carbonyl (C=O) groups is 1. The Morgan fingerprint density at radius 3 is 2.31 bits per heavy atom. The SMILES string of the molecule is CC1(C)CCC(CN2CCN(C(=O)OC(C)(C)C)CC2)=C(c2ccc(Cl)cc2)C1. The minimum atomic E-state index is -0.443. The van der Waals surface area contributed by atoms with Crippen LogP contribution in [0.3, 0.4) is 0 Å². The first-order valence-corrected chi connectivity index (χ1v) is 11.1. The quantitative estimate of drug-likeness (QED) is 0.616. The highest BCUT2D eigenvalue weighted by Crippen LogP contribution is 2.43. The Bertz CT molecular complexity index is 754. The molecule has 0 N–H and O–H groups in total. The molecule has 5 heteroatoms. The number of halogens is 1. The summed E-state index contributed by atoms with van der Waals surface area (Å²) >= 11 is 6.11. The lowest BCUT2D eigenvalue weighted by molar-refractivity contribution is 0.0151. The first-order chi connectivity index (χ1) is 13.5. The lowest BCUT2D eigenvalue weighted by Gasteiger charge is -2.39. The van der Waals surface area contributed by atoms with Crippen molar-refractivity contribution in [3.8, 4) is 0 Å². The summed E-state index contributed by atoms with van der Waals surface area (Å²) in [6.07, 6.45) is 3.26. The van der Waals surface area contributed by atoms with Crippen LogP contribution in [0.4, 0.5) is 4.79 Å². The predicted octanol–water partition coefficient (Wildman–Crippen LogP) is 5.86. The fourth-order valence-corrected chi connectivity index (χ4v) is 4.27. The van der Waals surface area contributed by atoms with Crippen molar-refractivity contribution in [1.29, 1.82) is 0 Å². The molecule has 1 heterocycles. The molecule has 1 amide bonds. The smallest absolute Gasteiger partial charge is 0.410 e. The zero-order valence-corrected chi connectivity index (χ0v) is 19.3. The van der Waals surface area contributed by atoms with Crippen LogP contribution in [0.1, 0.15) is 59.4 Å². The summed E-state index contributed by atoms with van der Waals surface area (Å²) < 4.78 is 5.52. The van der Waals surface area contributed by atoms with Crippen LogP contribution in [0.25, 0.3) is 5.57 Å². The largest absolute Gasteiger partial charge is 0.444 e. The van der Waals surface area contributed by atoms with E-state index in [1.165, 1.54) is 23.1 Å². The highest BCUT2D eigenvalue weighted by molar-refractivity contribution is 6.30. The Balaban J connectivity index is 1.68. The van der Waals surface area contributed by atoms with Crippen molar-refractivity contribution in [2.24, 2.45) is 5.41 Å². The normalized spacial score (nSPS) is 20.7. The van der Waals surface area contributed by atoms with Gasteiger partial charge in [0, 0.05) is 37.7 Å². The lowest BCUT2D eigenvalue weighted by Crippen LogP contribution is -2.50. The summed E-state index contributed by atoms with van der Waals surface area (Å²) in [4.78, 5) is 16.6. The number of nitrogens with zero attached hydrogens (tertiary/aromatic N) is 2. The number of hydrogen-bond donors (Lipinski definition) is 0. The number of allylic oxidation sites excluding steroid dienone is 1. The molecule has 2 aliphatic rings. The average Bonchev–Trinajstić information content (AvgIpc) is 2.63. The zero-order chi connectivity index (χ0) is 21.2. The van der Waals surface area contributed by atoms with Crippen molar-refractivity contribution in [1.82, 2.24) is 9.80 Å². The molecule has 1 aliphatic heterocycles. The molecule has 0 spiro atoms. The van der Waals surface area contributed by atoms with Gasteiger partial charge in [-0.15, -0.1) is 0 Å². The standard InChI is InChI=1S/C24H35ClN2O2/c1-23(2,3)29-22(28)27-14-12-26(13-15-27)17-19-10-11-24(4,5)16-21(19)18-6-8-20(25)9-7-18/h6-9H,10-17H2,1-5H3. The summed E-state index contributed by atoms with van der Waals surface area (Å²) in [7, 11) is 0. The van der Waals surface area contributed by atoms with Crippen molar-refractivity contribution in [2.45, 2.75) is 59.5 Å². The Morgan fingerprint density at radius 2 is 1.72 bits per heavy atom. The van der Waals surface area contributed by atoms with Crippen molar-refractivity contribution < 1.29 is 9.53 Å². The number of piperazine rings is 1. The van der Waals surface area contributed by atoms with E-state index >= 15 is 0 Å². The summed E-state index contributed by atoms with van der Waals surface area (Å²) in [5, 5.41) is 0.782. The molecule has 1 aliphatic carbocycles. The number of carbonyl (C=O) groups excluding carboxylic acids is 1. The Labute approximate surface area is 180 Å². The molecule has 1 fully saturated rings. The van der Waals surface area contributed by atoms with Crippen LogP contribution in [0.5, 0.6) is 0 Å². The number of benzene rings is 1. The fourth-order valence-electron chi connectivity index (χ4n) is 4.15. The second kappa shape index (κ2) is 8.69. The summed E-state index contributed by atoms with van der Waals surface area (Å²) in [6, 6.07) is 8.28. The van der Waals surface area contributed by atoms with Gasteiger partial charge in [0.25, 0.3) is 0 Å². The maximum Gasteiger partial charge on any atom is 0.410 e. The van der Waals surface area contributed by atoms with Gasteiger partial charge in [-0.05, 0) is 68.7 Å². The minimum Gasteiger partial charge on any atom is -0.444 e. The van der Waals surface area contributed by atoms with E-state index in [2.05, 4.69) is 30.9 Å². The first-order valence-electron chi connectivity index (χ1n) is 10.7. The van der Waals surface area contributed by atoms with Crippen LogP contribution in [-0.4, -0.2) is 54.2 Å². The van der Waals surface area contributed by atoms with Crippen molar-refractivity contribution in [3.05, 3.63) is 40.4 Å². The topological polar surface area (TPSA) is 32.8 Å². The molecule has 1 aromatic rings. The highest BCUT2D eigenvalue weighted by Gasteiger charge is 2.30. The summed E-state index contributed by atoms with van der Waals surface area (Å²) in [6.45, 7) is 14.7. The molecule has 0 saturated carbocycles.